The second-order valence-electron chi connectivity index (χ2n) is 6.99. The van der Waals surface area contributed by atoms with Crippen LogP contribution >= 0.6 is 0 Å². The smallest absolute Gasteiger partial charge is 0.258 e. The van der Waals surface area contributed by atoms with E-state index in [1.165, 1.54) is 0 Å². The summed E-state index contributed by atoms with van der Waals surface area (Å²) in [6.07, 6.45) is 0. The first kappa shape index (κ1) is 23.0. The van der Waals surface area contributed by atoms with Gasteiger partial charge in [-0.2, -0.15) is 0 Å². The Labute approximate surface area is 188 Å². The molecule has 0 unspecified atom stereocenters. The zero-order valence-electron chi connectivity index (χ0n) is 18.4. The van der Waals surface area contributed by atoms with Crippen molar-refractivity contribution in [3.05, 3.63) is 90.0 Å². The molecule has 0 bridgehead atoms. The number of ether oxygens (including phenoxy) is 2. The van der Waals surface area contributed by atoms with Gasteiger partial charge in [0.25, 0.3) is 11.8 Å². The van der Waals surface area contributed by atoms with Crippen LogP contribution in [0.2, 0.25) is 0 Å². The molecule has 0 saturated heterocycles. The van der Waals surface area contributed by atoms with Crippen LogP contribution < -0.4 is 15.0 Å². The summed E-state index contributed by atoms with van der Waals surface area (Å²) in [7, 11) is 0. The van der Waals surface area contributed by atoms with Gasteiger partial charge in [-0.3, -0.25) is 9.59 Å². The molecular formula is C26H28N2O4. The molecule has 6 heteroatoms. The van der Waals surface area contributed by atoms with E-state index in [1.807, 2.05) is 44.2 Å². The van der Waals surface area contributed by atoms with E-state index in [1.54, 1.807) is 53.4 Å². The van der Waals surface area contributed by atoms with E-state index in [-0.39, 0.29) is 11.8 Å². The summed E-state index contributed by atoms with van der Waals surface area (Å²) in [4.78, 5) is 27.4. The van der Waals surface area contributed by atoms with Gasteiger partial charge >= 0.3 is 0 Å². The number of carbonyl (C=O) groups excluding carboxylic acids is 2. The normalized spacial score (nSPS) is 10.4. The monoisotopic (exact) mass is 432 g/mol. The van der Waals surface area contributed by atoms with Crippen LogP contribution in [0.3, 0.4) is 0 Å². The highest BCUT2D eigenvalue weighted by Crippen LogP contribution is 2.20. The van der Waals surface area contributed by atoms with Gasteiger partial charge in [0.15, 0.2) is 0 Å². The average Bonchev–Trinajstić information content (AvgIpc) is 2.83. The lowest BCUT2D eigenvalue weighted by Gasteiger charge is -2.21. The van der Waals surface area contributed by atoms with E-state index in [4.69, 9.17) is 9.47 Å². The molecule has 0 aliphatic heterocycles. The number of nitrogens with zero attached hydrogens (tertiary/aromatic N) is 1. The number of anilines is 2. The highest BCUT2D eigenvalue weighted by atomic mass is 16.5. The molecule has 3 rings (SSSR count). The van der Waals surface area contributed by atoms with Crippen LogP contribution in [-0.2, 0) is 4.74 Å². The van der Waals surface area contributed by atoms with E-state index in [2.05, 4.69) is 5.32 Å². The first-order valence-corrected chi connectivity index (χ1v) is 10.7. The van der Waals surface area contributed by atoms with Crippen molar-refractivity contribution in [2.45, 2.75) is 13.8 Å². The summed E-state index contributed by atoms with van der Waals surface area (Å²) in [5.41, 5.74) is 2.39. The summed E-state index contributed by atoms with van der Waals surface area (Å²) >= 11 is 0. The highest BCUT2D eigenvalue weighted by molar-refractivity contribution is 6.08. The third kappa shape index (κ3) is 6.18. The maximum atomic E-state index is 13.0. The van der Waals surface area contributed by atoms with Crippen molar-refractivity contribution in [2.75, 3.05) is 36.6 Å². The minimum atomic E-state index is -0.258. The molecule has 0 aliphatic rings. The molecule has 0 heterocycles. The van der Waals surface area contributed by atoms with Gasteiger partial charge in [0.1, 0.15) is 12.4 Å². The first-order valence-electron chi connectivity index (χ1n) is 10.7. The van der Waals surface area contributed by atoms with E-state index >= 15 is 0 Å². The van der Waals surface area contributed by atoms with Crippen LogP contribution in [0.4, 0.5) is 11.4 Å². The maximum Gasteiger partial charge on any atom is 0.258 e. The van der Waals surface area contributed by atoms with Crippen molar-refractivity contribution in [3.8, 4) is 5.75 Å². The molecule has 3 aromatic carbocycles. The zero-order valence-corrected chi connectivity index (χ0v) is 18.4. The van der Waals surface area contributed by atoms with E-state index in [9.17, 15) is 9.59 Å². The Hall–Kier alpha value is -3.64. The molecule has 0 aliphatic carbocycles. The molecule has 6 nitrogen and oxygen atoms in total. The summed E-state index contributed by atoms with van der Waals surface area (Å²) in [5.74, 6) is 0.295. The summed E-state index contributed by atoms with van der Waals surface area (Å²) in [5, 5.41) is 2.86. The molecular weight excluding hydrogens is 404 g/mol. The fourth-order valence-electron chi connectivity index (χ4n) is 3.21. The number of benzene rings is 3. The predicted octanol–water partition coefficient (Wildman–Crippen LogP) is 5.02. The minimum absolute atomic E-state index is 0.122. The topological polar surface area (TPSA) is 67.9 Å². The highest BCUT2D eigenvalue weighted by Gasteiger charge is 2.16. The Balaban J connectivity index is 1.65. The van der Waals surface area contributed by atoms with Crippen LogP contribution in [0, 0.1) is 0 Å². The lowest BCUT2D eigenvalue weighted by molar-refractivity contribution is 0.0985. The second-order valence-corrected chi connectivity index (χ2v) is 6.99. The molecule has 0 spiro atoms. The zero-order chi connectivity index (χ0) is 22.8. The molecule has 166 valence electrons. The first-order chi connectivity index (χ1) is 15.6. The third-order valence-electron chi connectivity index (χ3n) is 4.81. The van der Waals surface area contributed by atoms with Gasteiger partial charge in [-0.15, -0.1) is 0 Å². The van der Waals surface area contributed by atoms with Crippen LogP contribution in [0.15, 0.2) is 78.9 Å². The fourth-order valence-corrected chi connectivity index (χ4v) is 3.21. The molecule has 0 radical (unpaired) electrons. The number of rotatable bonds is 10. The van der Waals surface area contributed by atoms with Gasteiger partial charge in [0.2, 0.25) is 0 Å². The fraction of sp³-hybridized carbons (Fsp3) is 0.231. The summed E-state index contributed by atoms with van der Waals surface area (Å²) in [6.45, 7) is 6.03. The Bertz CT molecular complexity index is 1020. The van der Waals surface area contributed by atoms with Gasteiger partial charge in [0.05, 0.1) is 6.61 Å². The van der Waals surface area contributed by atoms with Gasteiger partial charge in [-0.1, -0.05) is 24.3 Å². The Morgan fingerprint density at radius 2 is 1.59 bits per heavy atom. The molecule has 0 atom stereocenters. The number of para-hydroxylation sites is 1. The molecule has 0 aromatic heterocycles. The number of hydrogen-bond donors (Lipinski definition) is 1. The summed E-state index contributed by atoms with van der Waals surface area (Å²) < 4.78 is 10.8. The molecule has 0 fully saturated rings. The SMILES string of the molecule is CCOCCOc1ccc(C(=O)Nc2cccc(C(=O)N(CC)c3ccccc3)c2)cc1. The Morgan fingerprint density at radius 1 is 0.844 bits per heavy atom. The number of nitrogens with one attached hydrogen (secondary N) is 1. The molecule has 2 amide bonds. The maximum absolute atomic E-state index is 13.0. The van der Waals surface area contributed by atoms with Gasteiger partial charge < -0.3 is 19.7 Å². The van der Waals surface area contributed by atoms with E-state index < -0.39 is 0 Å². The second kappa shape index (κ2) is 11.7. The van der Waals surface area contributed by atoms with Crippen molar-refractivity contribution in [1.29, 1.82) is 0 Å². The molecule has 32 heavy (non-hydrogen) atoms. The lowest BCUT2D eigenvalue weighted by Crippen LogP contribution is -2.30. The quantitative estimate of drug-likeness (QED) is 0.457. The van der Waals surface area contributed by atoms with Gasteiger partial charge in [-0.05, 0) is 68.4 Å². The number of amides is 2. The van der Waals surface area contributed by atoms with E-state index in [0.717, 1.165) is 5.69 Å². The Morgan fingerprint density at radius 3 is 2.28 bits per heavy atom. The van der Waals surface area contributed by atoms with Crippen LogP contribution in [0.1, 0.15) is 34.6 Å². The minimum Gasteiger partial charge on any atom is -0.491 e. The third-order valence-corrected chi connectivity index (χ3v) is 4.81. The van der Waals surface area contributed by atoms with Crippen molar-refractivity contribution >= 4 is 23.2 Å². The predicted molar refractivity (Wildman–Crippen MR) is 127 cm³/mol. The number of carbonyl (C=O) groups is 2. The van der Waals surface area contributed by atoms with E-state index in [0.29, 0.717) is 48.9 Å². The Kier molecular flexibility index (Phi) is 8.40. The lowest BCUT2D eigenvalue weighted by atomic mass is 10.1. The molecule has 1 N–H and O–H groups in total. The van der Waals surface area contributed by atoms with Gasteiger partial charge in [0, 0.05) is 35.7 Å². The standard InChI is InChI=1S/C26H28N2O4/c1-3-28(23-11-6-5-7-12-23)26(30)21-9-8-10-22(19-21)27-25(29)20-13-15-24(16-14-20)32-18-17-31-4-2/h5-16,19H,3-4,17-18H2,1-2H3,(H,27,29). The van der Waals surface area contributed by atoms with Crippen molar-refractivity contribution in [3.63, 3.8) is 0 Å². The van der Waals surface area contributed by atoms with Crippen LogP contribution in [0.5, 0.6) is 5.75 Å². The average molecular weight is 433 g/mol. The van der Waals surface area contributed by atoms with Crippen molar-refractivity contribution in [2.24, 2.45) is 0 Å². The van der Waals surface area contributed by atoms with Crippen molar-refractivity contribution < 1.29 is 19.1 Å². The molecule has 3 aromatic rings. The van der Waals surface area contributed by atoms with Gasteiger partial charge in [-0.25, -0.2) is 0 Å². The van der Waals surface area contributed by atoms with Crippen LogP contribution in [-0.4, -0.2) is 38.2 Å². The van der Waals surface area contributed by atoms with Crippen LogP contribution in [0.25, 0.3) is 0 Å². The summed E-state index contributed by atoms with van der Waals surface area (Å²) in [6, 6.07) is 23.4. The largest absolute Gasteiger partial charge is 0.491 e. The molecule has 0 saturated carbocycles. The van der Waals surface area contributed by atoms with Crippen molar-refractivity contribution in [1.82, 2.24) is 0 Å². The number of hydrogen-bond acceptors (Lipinski definition) is 4.